The van der Waals surface area contributed by atoms with Gasteiger partial charge in [0.15, 0.2) is 16.7 Å². The van der Waals surface area contributed by atoms with Crippen LogP contribution >= 0.6 is 11.3 Å². The number of hydrogen-bond donors (Lipinski definition) is 0. The number of fused-ring (bicyclic) bond motifs is 2. The standard InChI is InChI=1S/C25H21FN2O4S/c1-31-15-10-11-17-19(12-15)33-25(27-17)28-21(13-6-8-14(26)9-7-13)20-22(29)16-4-2-3-5-18(16)32-23(20)24(28)30/h6-12,16,18,21H,2-5H2,1H3. The summed E-state index contributed by atoms with van der Waals surface area (Å²) in [5.41, 5.74) is 1.75. The maximum atomic E-state index is 13.7. The Balaban J connectivity index is 1.50. The van der Waals surface area contributed by atoms with E-state index in [4.69, 9.17) is 9.47 Å². The second-order valence-corrected chi connectivity index (χ2v) is 9.62. The number of ether oxygens (including phenoxy) is 2. The highest BCUT2D eigenvalue weighted by molar-refractivity contribution is 7.22. The summed E-state index contributed by atoms with van der Waals surface area (Å²) in [5.74, 6) is -0.214. The summed E-state index contributed by atoms with van der Waals surface area (Å²) in [6, 6.07) is 10.7. The lowest BCUT2D eigenvalue weighted by atomic mass is 9.77. The molecule has 3 unspecified atom stereocenters. The third kappa shape index (κ3) is 3.15. The summed E-state index contributed by atoms with van der Waals surface area (Å²) < 4.78 is 26.1. The van der Waals surface area contributed by atoms with Crippen molar-refractivity contribution in [2.24, 2.45) is 5.92 Å². The number of thiazole rings is 1. The largest absolute Gasteiger partial charge is 0.497 e. The van der Waals surface area contributed by atoms with E-state index in [1.807, 2.05) is 18.2 Å². The molecule has 1 aliphatic carbocycles. The maximum Gasteiger partial charge on any atom is 0.296 e. The average Bonchev–Trinajstić information content (AvgIpc) is 3.38. The van der Waals surface area contributed by atoms with Gasteiger partial charge in [0.05, 0.1) is 34.9 Å². The molecule has 2 aromatic carbocycles. The second kappa shape index (κ2) is 7.66. The molecule has 3 aliphatic rings. The van der Waals surface area contributed by atoms with Crippen LogP contribution in [-0.4, -0.2) is 29.9 Å². The molecule has 1 aromatic heterocycles. The van der Waals surface area contributed by atoms with Crippen molar-refractivity contribution in [3.63, 3.8) is 0 Å². The van der Waals surface area contributed by atoms with Crippen LogP contribution in [0.15, 0.2) is 53.8 Å². The molecule has 33 heavy (non-hydrogen) atoms. The van der Waals surface area contributed by atoms with Gasteiger partial charge in [0, 0.05) is 0 Å². The number of ketones is 1. The number of nitrogens with zero attached hydrogens (tertiary/aromatic N) is 2. The van der Waals surface area contributed by atoms with Crippen LogP contribution in [0.4, 0.5) is 9.52 Å². The van der Waals surface area contributed by atoms with E-state index in [9.17, 15) is 14.0 Å². The number of hydrogen-bond acceptors (Lipinski definition) is 6. The minimum Gasteiger partial charge on any atom is -0.497 e. The van der Waals surface area contributed by atoms with Crippen molar-refractivity contribution in [2.75, 3.05) is 12.0 Å². The van der Waals surface area contributed by atoms with Crippen LogP contribution in [0.3, 0.4) is 0 Å². The lowest BCUT2D eigenvalue weighted by molar-refractivity contribution is -0.131. The van der Waals surface area contributed by atoms with Crippen molar-refractivity contribution in [3.05, 3.63) is 65.2 Å². The van der Waals surface area contributed by atoms with Gasteiger partial charge in [0.1, 0.15) is 17.7 Å². The van der Waals surface area contributed by atoms with Crippen LogP contribution in [0.1, 0.15) is 37.3 Å². The minimum atomic E-state index is -0.703. The monoisotopic (exact) mass is 464 g/mol. The second-order valence-electron chi connectivity index (χ2n) is 8.61. The van der Waals surface area contributed by atoms with Gasteiger partial charge in [-0.3, -0.25) is 14.5 Å². The number of carbonyl (C=O) groups is 2. The van der Waals surface area contributed by atoms with Crippen molar-refractivity contribution in [3.8, 4) is 5.75 Å². The number of anilines is 1. The fourth-order valence-corrected chi connectivity index (χ4v) is 6.15. The number of carbonyl (C=O) groups excluding carboxylic acids is 2. The van der Waals surface area contributed by atoms with E-state index >= 15 is 0 Å². The van der Waals surface area contributed by atoms with E-state index in [2.05, 4.69) is 4.98 Å². The highest BCUT2D eigenvalue weighted by Gasteiger charge is 2.53. The molecule has 0 bridgehead atoms. The number of methoxy groups -OCH3 is 1. The van der Waals surface area contributed by atoms with E-state index in [0.717, 1.165) is 35.9 Å². The van der Waals surface area contributed by atoms with E-state index in [0.29, 0.717) is 22.0 Å². The lowest BCUT2D eigenvalue weighted by Crippen LogP contribution is -2.39. The Morgan fingerprint density at radius 2 is 1.91 bits per heavy atom. The van der Waals surface area contributed by atoms with Crippen LogP contribution in [0.25, 0.3) is 10.2 Å². The zero-order chi connectivity index (χ0) is 22.7. The normalized spacial score (nSPS) is 24.7. The molecule has 8 heteroatoms. The summed E-state index contributed by atoms with van der Waals surface area (Å²) >= 11 is 1.35. The first-order valence-corrected chi connectivity index (χ1v) is 11.9. The number of benzene rings is 2. The van der Waals surface area contributed by atoms with Crippen LogP contribution in [0.5, 0.6) is 5.75 Å². The maximum absolute atomic E-state index is 13.7. The number of aromatic nitrogens is 1. The molecule has 6 rings (SSSR count). The third-order valence-corrected chi connectivity index (χ3v) is 7.76. The van der Waals surface area contributed by atoms with E-state index < -0.39 is 6.04 Å². The minimum absolute atomic E-state index is 0.0334. The van der Waals surface area contributed by atoms with Gasteiger partial charge in [-0.1, -0.05) is 29.9 Å². The number of rotatable bonds is 3. The van der Waals surface area contributed by atoms with Crippen molar-refractivity contribution in [1.29, 1.82) is 0 Å². The summed E-state index contributed by atoms with van der Waals surface area (Å²) in [7, 11) is 1.60. The molecule has 6 nitrogen and oxygen atoms in total. The van der Waals surface area contributed by atoms with Gasteiger partial charge in [-0.05, 0) is 55.2 Å². The smallest absolute Gasteiger partial charge is 0.296 e. The number of halogens is 1. The van der Waals surface area contributed by atoms with Crippen LogP contribution < -0.4 is 9.64 Å². The lowest BCUT2D eigenvalue weighted by Gasteiger charge is -2.35. The van der Waals surface area contributed by atoms with Crippen molar-refractivity contribution >= 4 is 38.4 Å². The summed E-state index contributed by atoms with van der Waals surface area (Å²) in [5, 5.41) is 0.464. The molecule has 1 fully saturated rings. The molecule has 3 aromatic rings. The van der Waals surface area contributed by atoms with E-state index in [-0.39, 0.29) is 35.3 Å². The Bertz CT molecular complexity index is 1320. The molecule has 0 spiro atoms. The molecule has 3 heterocycles. The Morgan fingerprint density at radius 1 is 1.12 bits per heavy atom. The Kier molecular flexibility index (Phi) is 4.72. The number of amides is 1. The van der Waals surface area contributed by atoms with Gasteiger partial charge in [-0.2, -0.15) is 0 Å². The molecule has 1 saturated carbocycles. The van der Waals surface area contributed by atoms with E-state index in [1.165, 1.54) is 28.4 Å². The molecule has 0 N–H and O–H groups in total. The average molecular weight is 465 g/mol. The Hall–Kier alpha value is -3.26. The topological polar surface area (TPSA) is 68.7 Å². The molecule has 0 radical (unpaired) electrons. The van der Waals surface area contributed by atoms with Crippen molar-refractivity contribution in [2.45, 2.75) is 37.8 Å². The predicted molar refractivity (Wildman–Crippen MR) is 122 cm³/mol. The Morgan fingerprint density at radius 3 is 2.70 bits per heavy atom. The predicted octanol–water partition coefficient (Wildman–Crippen LogP) is 4.94. The first-order valence-electron chi connectivity index (χ1n) is 11.0. The Labute approximate surface area is 193 Å². The molecular weight excluding hydrogens is 443 g/mol. The van der Waals surface area contributed by atoms with Gasteiger partial charge in [0.25, 0.3) is 5.91 Å². The SMILES string of the molecule is COc1ccc2nc(N3C(=O)C4=C(C(=O)C5CCCCC5O4)C3c3ccc(F)cc3)sc2c1. The van der Waals surface area contributed by atoms with Gasteiger partial charge < -0.3 is 9.47 Å². The fourth-order valence-electron chi connectivity index (χ4n) is 5.13. The van der Waals surface area contributed by atoms with Crippen LogP contribution in [0, 0.1) is 11.7 Å². The van der Waals surface area contributed by atoms with Crippen LogP contribution in [-0.2, 0) is 14.3 Å². The zero-order valence-corrected chi connectivity index (χ0v) is 18.7. The first-order chi connectivity index (χ1) is 16.0. The fraction of sp³-hybridized carbons (Fsp3) is 0.320. The van der Waals surface area contributed by atoms with Crippen molar-refractivity contribution in [1.82, 2.24) is 4.98 Å². The molecule has 0 saturated heterocycles. The third-order valence-electron chi connectivity index (χ3n) is 6.74. The van der Waals surface area contributed by atoms with Crippen LogP contribution in [0.2, 0.25) is 0 Å². The first kappa shape index (κ1) is 20.4. The molecule has 2 aliphatic heterocycles. The van der Waals surface area contributed by atoms with Crippen molar-refractivity contribution < 1.29 is 23.5 Å². The van der Waals surface area contributed by atoms with Gasteiger partial charge in [0.2, 0.25) is 0 Å². The molecule has 1 amide bonds. The zero-order valence-electron chi connectivity index (χ0n) is 17.9. The summed E-state index contributed by atoms with van der Waals surface area (Å²) in [6.45, 7) is 0. The van der Waals surface area contributed by atoms with Gasteiger partial charge in [-0.25, -0.2) is 9.37 Å². The van der Waals surface area contributed by atoms with Gasteiger partial charge >= 0.3 is 0 Å². The summed E-state index contributed by atoms with van der Waals surface area (Å²) in [6.07, 6.45) is 3.21. The molecule has 3 atom stereocenters. The quantitative estimate of drug-likeness (QED) is 0.549. The number of Topliss-reactive ketones (excluding diaryl/α,β-unsaturated/α-hetero) is 1. The van der Waals surface area contributed by atoms with E-state index in [1.54, 1.807) is 19.2 Å². The summed E-state index contributed by atoms with van der Waals surface area (Å²) in [4.78, 5) is 33.5. The highest BCUT2D eigenvalue weighted by atomic mass is 32.1. The highest BCUT2D eigenvalue weighted by Crippen LogP contribution is 2.49. The molecular formula is C25H21FN2O4S. The molecule has 168 valence electrons. The van der Waals surface area contributed by atoms with Gasteiger partial charge in [-0.15, -0.1) is 0 Å².